The second-order valence-electron chi connectivity index (χ2n) is 8.95. The minimum absolute atomic E-state index is 0.00782. The normalized spacial score (nSPS) is 16.7. The number of hydrogen-bond acceptors (Lipinski definition) is 7. The number of fused-ring (bicyclic) bond motifs is 1. The largest absolute Gasteiger partial charge is 0.317 e. The molecule has 0 saturated carbocycles. The van der Waals surface area contributed by atoms with E-state index >= 15 is 0 Å². The molecule has 0 spiro atoms. The van der Waals surface area contributed by atoms with Gasteiger partial charge in [0.25, 0.3) is 0 Å². The molecule has 176 valence electrons. The van der Waals surface area contributed by atoms with Gasteiger partial charge in [0.15, 0.2) is 0 Å². The monoisotopic (exact) mass is 491 g/mol. The first-order valence-electron chi connectivity index (χ1n) is 12.0. The predicted molar refractivity (Wildman–Crippen MR) is 138 cm³/mol. The van der Waals surface area contributed by atoms with Gasteiger partial charge in [-0.15, -0.1) is 22.7 Å². The quantitative estimate of drug-likeness (QED) is 0.516. The molecule has 1 aliphatic carbocycles. The molecule has 0 radical (unpaired) electrons. The molecule has 3 aromatic rings. The van der Waals surface area contributed by atoms with E-state index in [1.807, 2.05) is 18.2 Å². The zero-order chi connectivity index (χ0) is 23.3. The van der Waals surface area contributed by atoms with E-state index in [0.29, 0.717) is 12.0 Å². The van der Waals surface area contributed by atoms with Crippen LogP contribution in [0.15, 0.2) is 35.7 Å². The van der Waals surface area contributed by atoms with Crippen molar-refractivity contribution in [2.24, 2.45) is 0 Å². The average Bonchev–Trinajstić information content (AvgIpc) is 3.48. The van der Waals surface area contributed by atoms with Gasteiger partial charge in [-0.05, 0) is 31.2 Å². The van der Waals surface area contributed by atoms with Crippen LogP contribution in [-0.2, 0) is 24.2 Å². The van der Waals surface area contributed by atoms with E-state index in [2.05, 4.69) is 38.7 Å². The molecule has 1 saturated heterocycles. The maximum atomic E-state index is 12.6. The smallest absolute Gasteiger partial charge is 0.226 e. The summed E-state index contributed by atoms with van der Waals surface area (Å²) in [5.74, 6) is 0.00782. The van der Waals surface area contributed by atoms with E-state index in [9.17, 15) is 10.1 Å². The van der Waals surface area contributed by atoms with Crippen LogP contribution in [0.4, 0.5) is 5.00 Å². The molecular formula is C26H29N5OS2. The third-order valence-corrected chi connectivity index (χ3v) is 8.76. The van der Waals surface area contributed by atoms with Crippen LogP contribution in [0.1, 0.15) is 41.0 Å². The number of benzene rings is 1. The zero-order valence-electron chi connectivity index (χ0n) is 19.3. The standard InChI is InChI=1S/C26H29N5OS2/c27-16-22-21-8-4-5-9-23(21)34-26(22)29-24(32)10-11-30-12-14-31(15-13-30)17-20-18-33-25(28-20)19-6-2-1-3-7-19/h1-3,6-7,18H,4-5,8-15,17H2,(H,29,32). The minimum Gasteiger partial charge on any atom is -0.317 e. The molecule has 3 heterocycles. The second kappa shape index (κ2) is 10.8. The number of thiophene rings is 1. The highest BCUT2D eigenvalue weighted by molar-refractivity contribution is 7.16. The summed E-state index contributed by atoms with van der Waals surface area (Å²) in [6.45, 7) is 5.50. The Hall–Kier alpha value is -2.57. The van der Waals surface area contributed by atoms with Crippen molar-refractivity contribution in [3.63, 3.8) is 0 Å². The Bertz CT molecular complexity index is 1170. The highest BCUT2D eigenvalue weighted by Gasteiger charge is 2.23. The third kappa shape index (κ3) is 5.39. The fraction of sp³-hybridized carbons (Fsp3) is 0.423. The van der Waals surface area contributed by atoms with Crippen molar-refractivity contribution in [2.75, 3.05) is 38.0 Å². The summed E-state index contributed by atoms with van der Waals surface area (Å²) < 4.78 is 0. The van der Waals surface area contributed by atoms with Gasteiger partial charge < -0.3 is 10.2 Å². The molecule has 2 aliphatic rings. The molecular weight excluding hydrogens is 462 g/mol. The topological polar surface area (TPSA) is 72.3 Å². The Kier molecular flexibility index (Phi) is 7.36. The molecule has 5 rings (SSSR count). The lowest BCUT2D eigenvalue weighted by molar-refractivity contribution is -0.116. The number of aromatic nitrogens is 1. The molecule has 0 atom stereocenters. The van der Waals surface area contributed by atoms with Crippen LogP contribution in [0.5, 0.6) is 0 Å². The number of piperazine rings is 1. The summed E-state index contributed by atoms with van der Waals surface area (Å²) in [6.07, 6.45) is 4.76. The van der Waals surface area contributed by atoms with E-state index in [1.165, 1.54) is 22.4 Å². The fourth-order valence-corrected chi connectivity index (χ4v) is 6.79. The van der Waals surface area contributed by atoms with Gasteiger partial charge in [0.2, 0.25) is 5.91 Å². The molecule has 34 heavy (non-hydrogen) atoms. The van der Waals surface area contributed by atoms with Crippen LogP contribution >= 0.6 is 22.7 Å². The highest BCUT2D eigenvalue weighted by atomic mass is 32.1. The molecule has 0 unspecified atom stereocenters. The molecule has 1 aliphatic heterocycles. The van der Waals surface area contributed by atoms with Crippen LogP contribution in [-0.4, -0.2) is 53.4 Å². The molecule has 6 nitrogen and oxygen atoms in total. The first-order chi connectivity index (χ1) is 16.7. The Labute approximate surface area is 208 Å². The number of nitrogens with zero attached hydrogens (tertiary/aromatic N) is 4. The van der Waals surface area contributed by atoms with Gasteiger partial charge >= 0.3 is 0 Å². The zero-order valence-corrected chi connectivity index (χ0v) is 20.9. The van der Waals surface area contributed by atoms with Gasteiger partial charge in [0.1, 0.15) is 16.1 Å². The Morgan fingerprint density at radius 1 is 1.09 bits per heavy atom. The number of carbonyl (C=O) groups excluding carboxylic acids is 1. The lowest BCUT2D eigenvalue weighted by atomic mass is 9.96. The number of aryl methyl sites for hydroxylation is 1. The van der Waals surface area contributed by atoms with E-state index in [1.54, 1.807) is 22.7 Å². The molecule has 1 fully saturated rings. The Morgan fingerprint density at radius 3 is 2.65 bits per heavy atom. The Morgan fingerprint density at radius 2 is 1.85 bits per heavy atom. The van der Waals surface area contributed by atoms with Gasteiger partial charge in [-0.25, -0.2) is 4.98 Å². The second-order valence-corrected chi connectivity index (χ2v) is 10.9. The van der Waals surface area contributed by atoms with Gasteiger partial charge in [-0.1, -0.05) is 30.3 Å². The van der Waals surface area contributed by atoms with Gasteiger partial charge in [0, 0.05) is 61.5 Å². The van der Waals surface area contributed by atoms with Crippen LogP contribution < -0.4 is 5.32 Å². The van der Waals surface area contributed by atoms with E-state index in [4.69, 9.17) is 4.98 Å². The van der Waals surface area contributed by atoms with Gasteiger partial charge in [0.05, 0.1) is 11.3 Å². The van der Waals surface area contributed by atoms with Crippen molar-refractivity contribution in [3.8, 4) is 16.6 Å². The number of amides is 1. The van der Waals surface area contributed by atoms with Crippen molar-refractivity contribution in [1.29, 1.82) is 5.26 Å². The van der Waals surface area contributed by atoms with Gasteiger partial charge in [-0.3, -0.25) is 9.69 Å². The molecule has 8 heteroatoms. The summed E-state index contributed by atoms with van der Waals surface area (Å²) in [5.41, 5.74) is 4.16. The van der Waals surface area contributed by atoms with Crippen LogP contribution in [0, 0.1) is 11.3 Å². The van der Waals surface area contributed by atoms with Crippen molar-refractivity contribution in [3.05, 3.63) is 57.4 Å². The number of rotatable bonds is 7. The number of carbonyl (C=O) groups is 1. The number of thiazole rings is 1. The van der Waals surface area contributed by atoms with Crippen molar-refractivity contribution >= 4 is 33.6 Å². The first kappa shape index (κ1) is 23.2. The van der Waals surface area contributed by atoms with Crippen molar-refractivity contribution < 1.29 is 4.79 Å². The van der Waals surface area contributed by atoms with E-state index in [0.717, 1.165) is 74.2 Å². The summed E-state index contributed by atoms with van der Waals surface area (Å²) >= 11 is 3.30. The molecule has 1 N–H and O–H groups in total. The van der Waals surface area contributed by atoms with Crippen molar-refractivity contribution in [1.82, 2.24) is 14.8 Å². The average molecular weight is 492 g/mol. The number of hydrogen-bond donors (Lipinski definition) is 1. The number of anilines is 1. The number of nitrogens with one attached hydrogen (secondary N) is 1. The van der Waals surface area contributed by atoms with Crippen LogP contribution in [0.3, 0.4) is 0 Å². The maximum absolute atomic E-state index is 12.6. The summed E-state index contributed by atoms with van der Waals surface area (Å²) in [5, 5.41) is 16.6. The Balaban J connectivity index is 1.07. The summed E-state index contributed by atoms with van der Waals surface area (Å²) in [7, 11) is 0. The lowest BCUT2D eigenvalue weighted by Crippen LogP contribution is -2.46. The molecule has 1 amide bonds. The summed E-state index contributed by atoms with van der Waals surface area (Å²) in [6, 6.07) is 12.7. The number of nitriles is 1. The van der Waals surface area contributed by atoms with E-state index in [-0.39, 0.29) is 5.91 Å². The SMILES string of the molecule is N#Cc1c(NC(=O)CCN2CCN(Cc3csc(-c4ccccc4)n3)CC2)sc2c1CCCC2. The predicted octanol–water partition coefficient (Wildman–Crippen LogP) is 4.77. The minimum atomic E-state index is 0.00782. The van der Waals surface area contributed by atoms with Crippen LogP contribution in [0.25, 0.3) is 10.6 Å². The lowest BCUT2D eigenvalue weighted by Gasteiger charge is -2.34. The summed E-state index contributed by atoms with van der Waals surface area (Å²) in [4.78, 5) is 23.5. The van der Waals surface area contributed by atoms with Crippen LogP contribution in [0.2, 0.25) is 0 Å². The molecule has 0 bridgehead atoms. The third-order valence-electron chi connectivity index (χ3n) is 6.61. The molecule has 2 aromatic heterocycles. The maximum Gasteiger partial charge on any atom is 0.226 e. The van der Waals surface area contributed by atoms with Crippen molar-refractivity contribution in [2.45, 2.75) is 38.6 Å². The highest BCUT2D eigenvalue weighted by Crippen LogP contribution is 2.37. The fourth-order valence-electron chi connectivity index (χ4n) is 4.71. The van der Waals surface area contributed by atoms with Gasteiger partial charge in [-0.2, -0.15) is 5.26 Å². The first-order valence-corrected chi connectivity index (χ1v) is 13.7. The van der Waals surface area contributed by atoms with E-state index < -0.39 is 0 Å². The molecule has 1 aromatic carbocycles.